The van der Waals surface area contributed by atoms with E-state index >= 15 is 0 Å². The van der Waals surface area contributed by atoms with Gasteiger partial charge in [0, 0.05) is 17.1 Å². The molecule has 1 aromatic carbocycles. The van der Waals surface area contributed by atoms with E-state index in [0.29, 0.717) is 5.92 Å². The smallest absolute Gasteiger partial charge is 0.138 e. The molecule has 1 heterocycles. The molecular weight excluding hydrogens is 256 g/mol. The monoisotopic (exact) mass is 276 g/mol. The van der Waals surface area contributed by atoms with Gasteiger partial charge < -0.3 is 5.73 Å². The Kier molecular flexibility index (Phi) is 4.47. The lowest BCUT2D eigenvalue weighted by Gasteiger charge is -2.10. The molecule has 2 N–H and O–H groups in total. The van der Waals surface area contributed by atoms with Gasteiger partial charge in [-0.1, -0.05) is 19.9 Å². The van der Waals surface area contributed by atoms with Crippen LogP contribution >= 0.6 is 11.8 Å². The molecule has 19 heavy (non-hydrogen) atoms. The molecule has 0 saturated carbocycles. The van der Waals surface area contributed by atoms with E-state index in [2.05, 4.69) is 36.9 Å². The Balaban J connectivity index is 2.06. The lowest BCUT2D eigenvalue weighted by atomic mass is 10.2. The topological polar surface area (TPSA) is 56.7 Å². The van der Waals surface area contributed by atoms with Gasteiger partial charge in [-0.3, -0.25) is 0 Å². The first-order valence-corrected chi connectivity index (χ1v) is 7.41. The van der Waals surface area contributed by atoms with Crippen molar-refractivity contribution in [2.45, 2.75) is 38.0 Å². The Bertz CT molecular complexity index is 548. The Morgan fingerprint density at radius 1 is 1.37 bits per heavy atom. The van der Waals surface area contributed by atoms with Crippen molar-refractivity contribution in [3.63, 3.8) is 0 Å². The molecule has 0 unspecified atom stereocenters. The Labute approximate surface area is 118 Å². The maximum Gasteiger partial charge on any atom is 0.138 e. The summed E-state index contributed by atoms with van der Waals surface area (Å²) >= 11 is 1.76. The van der Waals surface area contributed by atoms with Crippen LogP contribution in [0, 0.1) is 12.8 Å². The van der Waals surface area contributed by atoms with Gasteiger partial charge in [0.15, 0.2) is 0 Å². The van der Waals surface area contributed by atoms with Crippen LogP contribution in [0.15, 0.2) is 29.4 Å². The molecule has 0 saturated heterocycles. The molecule has 102 valence electrons. The SMILES string of the molecule is Cc1c(N)cccc1SCc1ncnn1CC(C)C. The minimum absolute atomic E-state index is 0.569. The summed E-state index contributed by atoms with van der Waals surface area (Å²) in [6.45, 7) is 7.32. The first kappa shape index (κ1) is 13.9. The molecule has 0 bridgehead atoms. The van der Waals surface area contributed by atoms with Gasteiger partial charge in [-0.25, -0.2) is 9.67 Å². The number of benzene rings is 1. The van der Waals surface area contributed by atoms with E-state index in [1.54, 1.807) is 18.1 Å². The van der Waals surface area contributed by atoms with E-state index in [1.165, 1.54) is 4.90 Å². The number of thioether (sulfide) groups is 1. The summed E-state index contributed by atoms with van der Waals surface area (Å²) in [6.07, 6.45) is 1.63. The lowest BCUT2D eigenvalue weighted by Crippen LogP contribution is -2.09. The number of anilines is 1. The second-order valence-corrected chi connectivity index (χ2v) is 6.03. The van der Waals surface area contributed by atoms with Gasteiger partial charge in [0.1, 0.15) is 12.2 Å². The van der Waals surface area contributed by atoms with Crippen LogP contribution in [0.2, 0.25) is 0 Å². The van der Waals surface area contributed by atoms with Crippen molar-refractivity contribution >= 4 is 17.4 Å². The second-order valence-electron chi connectivity index (χ2n) is 5.01. The minimum Gasteiger partial charge on any atom is -0.398 e. The van der Waals surface area contributed by atoms with E-state index in [0.717, 1.165) is 29.4 Å². The normalized spacial score (nSPS) is 11.2. The molecular formula is C14H20N4S. The van der Waals surface area contributed by atoms with E-state index in [1.807, 2.05) is 16.8 Å². The molecule has 1 aromatic heterocycles. The third kappa shape index (κ3) is 3.50. The van der Waals surface area contributed by atoms with E-state index < -0.39 is 0 Å². The van der Waals surface area contributed by atoms with Crippen molar-refractivity contribution in [3.8, 4) is 0 Å². The van der Waals surface area contributed by atoms with Crippen molar-refractivity contribution in [2.75, 3.05) is 5.73 Å². The molecule has 0 radical (unpaired) electrons. The first-order chi connectivity index (χ1) is 9.08. The van der Waals surface area contributed by atoms with Crippen LogP contribution in [-0.2, 0) is 12.3 Å². The van der Waals surface area contributed by atoms with Crippen LogP contribution in [0.3, 0.4) is 0 Å². The maximum atomic E-state index is 5.92. The zero-order chi connectivity index (χ0) is 13.8. The Morgan fingerprint density at radius 3 is 2.89 bits per heavy atom. The molecule has 4 nitrogen and oxygen atoms in total. The zero-order valence-electron chi connectivity index (χ0n) is 11.6. The highest BCUT2D eigenvalue weighted by Gasteiger charge is 2.08. The summed E-state index contributed by atoms with van der Waals surface area (Å²) in [4.78, 5) is 5.54. The van der Waals surface area contributed by atoms with Crippen molar-refractivity contribution in [2.24, 2.45) is 5.92 Å². The summed E-state index contributed by atoms with van der Waals surface area (Å²) < 4.78 is 1.99. The number of aromatic nitrogens is 3. The van der Waals surface area contributed by atoms with Crippen LogP contribution in [0.4, 0.5) is 5.69 Å². The fraction of sp³-hybridized carbons (Fsp3) is 0.429. The Hall–Kier alpha value is -1.49. The van der Waals surface area contributed by atoms with Crippen molar-refractivity contribution in [3.05, 3.63) is 35.9 Å². The number of rotatable bonds is 5. The summed E-state index contributed by atoms with van der Waals surface area (Å²) in [5, 5.41) is 4.28. The second kappa shape index (κ2) is 6.10. The van der Waals surface area contributed by atoms with Crippen molar-refractivity contribution in [1.29, 1.82) is 0 Å². The molecule has 0 fully saturated rings. The van der Waals surface area contributed by atoms with Gasteiger partial charge in [-0.05, 0) is 30.5 Å². The predicted octanol–water partition coefficient (Wildman–Crippen LogP) is 3.12. The number of nitrogens with two attached hydrogens (primary N) is 1. The number of nitrogen functional groups attached to an aromatic ring is 1. The first-order valence-electron chi connectivity index (χ1n) is 6.42. The number of nitrogens with zero attached hydrogens (tertiary/aromatic N) is 3. The van der Waals surface area contributed by atoms with Crippen LogP contribution in [-0.4, -0.2) is 14.8 Å². The molecule has 0 aliphatic rings. The average Bonchev–Trinajstić information content (AvgIpc) is 2.78. The molecule has 2 aromatic rings. The fourth-order valence-corrected chi connectivity index (χ4v) is 2.85. The summed E-state index contributed by atoms with van der Waals surface area (Å²) in [5.41, 5.74) is 7.90. The predicted molar refractivity (Wildman–Crippen MR) is 80.0 cm³/mol. The van der Waals surface area contributed by atoms with E-state index in [4.69, 9.17) is 5.73 Å². The molecule has 0 amide bonds. The summed E-state index contributed by atoms with van der Waals surface area (Å²) in [7, 11) is 0. The maximum absolute atomic E-state index is 5.92. The third-order valence-electron chi connectivity index (χ3n) is 2.92. The highest BCUT2D eigenvalue weighted by molar-refractivity contribution is 7.98. The van der Waals surface area contributed by atoms with Crippen LogP contribution in [0.25, 0.3) is 0 Å². The third-order valence-corrected chi connectivity index (χ3v) is 4.07. The molecule has 2 rings (SSSR count). The standard InChI is InChI=1S/C14H20N4S/c1-10(2)7-18-14(16-9-17-18)8-19-13-6-4-5-12(15)11(13)3/h4-6,9-10H,7-8,15H2,1-3H3. The van der Waals surface area contributed by atoms with Gasteiger partial charge in [-0.15, -0.1) is 11.8 Å². The van der Waals surface area contributed by atoms with E-state index in [9.17, 15) is 0 Å². The molecule has 0 atom stereocenters. The van der Waals surface area contributed by atoms with Crippen LogP contribution in [0.1, 0.15) is 25.2 Å². The number of hydrogen-bond acceptors (Lipinski definition) is 4. The minimum atomic E-state index is 0.569. The van der Waals surface area contributed by atoms with Crippen molar-refractivity contribution in [1.82, 2.24) is 14.8 Å². The highest BCUT2D eigenvalue weighted by Crippen LogP contribution is 2.28. The lowest BCUT2D eigenvalue weighted by molar-refractivity contribution is 0.472. The molecule has 0 aliphatic heterocycles. The van der Waals surface area contributed by atoms with E-state index in [-0.39, 0.29) is 0 Å². The quantitative estimate of drug-likeness (QED) is 0.673. The average molecular weight is 276 g/mol. The van der Waals surface area contributed by atoms with Crippen molar-refractivity contribution < 1.29 is 0 Å². The number of hydrogen-bond donors (Lipinski definition) is 1. The van der Waals surface area contributed by atoms with Crippen LogP contribution < -0.4 is 5.73 Å². The molecule has 0 aliphatic carbocycles. The fourth-order valence-electron chi connectivity index (χ4n) is 1.83. The zero-order valence-corrected chi connectivity index (χ0v) is 12.4. The molecule has 0 spiro atoms. The van der Waals surface area contributed by atoms with Gasteiger partial charge in [0.2, 0.25) is 0 Å². The van der Waals surface area contributed by atoms with Gasteiger partial charge in [-0.2, -0.15) is 5.10 Å². The van der Waals surface area contributed by atoms with Gasteiger partial charge in [0.25, 0.3) is 0 Å². The highest BCUT2D eigenvalue weighted by atomic mass is 32.2. The van der Waals surface area contributed by atoms with Gasteiger partial charge >= 0.3 is 0 Å². The Morgan fingerprint density at radius 2 is 2.16 bits per heavy atom. The van der Waals surface area contributed by atoms with Crippen LogP contribution in [0.5, 0.6) is 0 Å². The summed E-state index contributed by atoms with van der Waals surface area (Å²) in [6, 6.07) is 6.02. The van der Waals surface area contributed by atoms with Gasteiger partial charge in [0.05, 0.1) is 5.75 Å². The largest absolute Gasteiger partial charge is 0.398 e. The summed E-state index contributed by atoms with van der Waals surface area (Å²) in [5.74, 6) is 2.40. The molecule has 5 heteroatoms.